The number of benzene rings is 1. The zero-order chi connectivity index (χ0) is 13.9. The van der Waals surface area contributed by atoms with Gasteiger partial charge < -0.3 is 11.1 Å². The second-order valence-corrected chi connectivity index (χ2v) is 3.85. The molecule has 0 aliphatic carbocycles. The molecule has 2 aromatic rings. The Morgan fingerprint density at radius 3 is 2.68 bits per heavy atom. The van der Waals surface area contributed by atoms with Gasteiger partial charge in [-0.2, -0.15) is 18.2 Å². The van der Waals surface area contributed by atoms with Gasteiger partial charge in [-0.1, -0.05) is 12.1 Å². The molecular weight excluding hydrogens is 257 g/mol. The molecule has 0 amide bonds. The highest BCUT2D eigenvalue weighted by molar-refractivity contribution is 5.38. The molecule has 0 radical (unpaired) electrons. The van der Waals surface area contributed by atoms with Crippen LogP contribution in [0, 0.1) is 0 Å². The minimum absolute atomic E-state index is 0.106. The van der Waals surface area contributed by atoms with E-state index in [9.17, 15) is 13.2 Å². The normalized spacial score (nSPS) is 11.3. The van der Waals surface area contributed by atoms with E-state index in [1.54, 1.807) is 12.1 Å². The Labute approximate surface area is 107 Å². The fourth-order valence-electron chi connectivity index (χ4n) is 1.52. The summed E-state index contributed by atoms with van der Waals surface area (Å²) in [6, 6.07) is 6.69. The zero-order valence-electron chi connectivity index (χ0n) is 9.78. The van der Waals surface area contributed by atoms with E-state index in [1.807, 2.05) is 0 Å². The van der Waals surface area contributed by atoms with Crippen molar-refractivity contribution in [2.45, 2.75) is 12.7 Å². The maximum atomic E-state index is 12.5. The average Bonchev–Trinajstić information content (AvgIpc) is 2.36. The second-order valence-electron chi connectivity index (χ2n) is 3.85. The number of nitrogen functional groups attached to an aromatic ring is 1. The molecule has 0 aliphatic rings. The summed E-state index contributed by atoms with van der Waals surface area (Å²) in [5.74, 6) is 0.568. The van der Waals surface area contributed by atoms with Gasteiger partial charge in [0.2, 0.25) is 5.95 Å². The van der Waals surface area contributed by atoms with Gasteiger partial charge >= 0.3 is 6.18 Å². The number of nitrogens with two attached hydrogens (primary N) is 1. The average molecular weight is 268 g/mol. The van der Waals surface area contributed by atoms with Crippen LogP contribution >= 0.6 is 0 Å². The first-order chi connectivity index (χ1) is 8.95. The minimum Gasteiger partial charge on any atom is -0.368 e. The number of nitrogens with one attached hydrogen (secondary N) is 1. The smallest absolute Gasteiger partial charge is 0.368 e. The fraction of sp³-hybridized carbons (Fsp3) is 0.167. The van der Waals surface area contributed by atoms with Gasteiger partial charge in [0.1, 0.15) is 5.82 Å². The minimum atomic E-state index is -4.34. The molecule has 2 rings (SSSR count). The Hall–Kier alpha value is -2.31. The molecule has 4 nitrogen and oxygen atoms in total. The van der Waals surface area contributed by atoms with Gasteiger partial charge in [-0.3, -0.25) is 0 Å². The molecule has 0 atom stereocenters. The summed E-state index contributed by atoms with van der Waals surface area (Å²) in [5, 5.41) is 2.88. The van der Waals surface area contributed by atoms with Crippen LogP contribution in [0.3, 0.4) is 0 Å². The molecule has 0 aliphatic heterocycles. The summed E-state index contributed by atoms with van der Waals surface area (Å²) < 4.78 is 37.6. The molecule has 19 heavy (non-hydrogen) atoms. The number of aromatic nitrogens is 2. The van der Waals surface area contributed by atoms with Crippen molar-refractivity contribution in [2.24, 2.45) is 0 Å². The molecule has 1 heterocycles. The first kappa shape index (κ1) is 13.1. The van der Waals surface area contributed by atoms with Gasteiger partial charge in [-0.15, -0.1) is 0 Å². The van der Waals surface area contributed by atoms with E-state index in [0.717, 1.165) is 12.1 Å². The van der Waals surface area contributed by atoms with E-state index in [0.29, 0.717) is 11.4 Å². The number of hydrogen-bond donors (Lipinski definition) is 2. The van der Waals surface area contributed by atoms with E-state index in [1.165, 1.54) is 12.3 Å². The topological polar surface area (TPSA) is 63.8 Å². The number of rotatable bonds is 3. The molecule has 100 valence electrons. The maximum absolute atomic E-state index is 12.5. The van der Waals surface area contributed by atoms with Crippen molar-refractivity contribution in [1.82, 2.24) is 9.97 Å². The van der Waals surface area contributed by atoms with Crippen LogP contribution in [0.2, 0.25) is 0 Å². The van der Waals surface area contributed by atoms with Gasteiger partial charge in [0.05, 0.1) is 5.56 Å². The van der Waals surface area contributed by atoms with Crippen LogP contribution in [0.1, 0.15) is 11.1 Å². The van der Waals surface area contributed by atoms with Crippen molar-refractivity contribution in [1.29, 1.82) is 0 Å². The van der Waals surface area contributed by atoms with Crippen molar-refractivity contribution in [2.75, 3.05) is 11.1 Å². The van der Waals surface area contributed by atoms with E-state index >= 15 is 0 Å². The second kappa shape index (κ2) is 5.13. The first-order valence-electron chi connectivity index (χ1n) is 5.44. The van der Waals surface area contributed by atoms with Crippen LogP contribution < -0.4 is 11.1 Å². The van der Waals surface area contributed by atoms with Gasteiger partial charge in [0, 0.05) is 12.7 Å². The highest BCUT2D eigenvalue weighted by atomic mass is 19.4. The molecular formula is C12H11F3N4. The van der Waals surface area contributed by atoms with Crippen LogP contribution in [0.5, 0.6) is 0 Å². The summed E-state index contributed by atoms with van der Waals surface area (Å²) in [4.78, 5) is 7.61. The van der Waals surface area contributed by atoms with Crippen molar-refractivity contribution >= 4 is 11.8 Å². The Morgan fingerprint density at radius 1 is 1.21 bits per heavy atom. The van der Waals surface area contributed by atoms with E-state index < -0.39 is 11.7 Å². The van der Waals surface area contributed by atoms with Crippen LogP contribution in [-0.2, 0) is 12.7 Å². The van der Waals surface area contributed by atoms with Crippen molar-refractivity contribution in [3.8, 4) is 0 Å². The summed E-state index contributed by atoms with van der Waals surface area (Å²) in [6.07, 6.45) is -2.87. The number of anilines is 2. The summed E-state index contributed by atoms with van der Waals surface area (Å²) in [5.41, 5.74) is 5.23. The van der Waals surface area contributed by atoms with E-state index in [-0.39, 0.29) is 12.5 Å². The molecule has 3 N–H and O–H groups in total. The third kappa shape index (κ3) is 3.57. The van der Waals surface area contributed by atoms with Crippen LogP contribution in [0.4, 0.5) is 24.9 Å². The van der Waals surface area contributed by atoms with E-state index in [2.05, 4.69) is 15.3 Å². The highest BCUT2D eigenvalue weighted by Crippen LogP contribution is 2.29. The van der Waals surface area contributed by atoms with Gasteiger partial charge in [0.15, 0.2) is 0 Å². The molecule has 0 unspecified atom stereocenters. The third-order valence-electron chi connectivity index (χ3n) is 2.40. The van der Waals surface area contributed by atoms with Crippen molar-refractivity contribution < 1.29 is 13.2 Å². The van der Waals surface area contributed by atoms with Crippen molar-refractivity contribution in [3.05, 3.63) is 47.7 Å². The molecule has 0 saturated carbocycles. The Balaban J connectivity index is 2.08. The molecule has 0 spiro atoms. The lowest BCUT2D eigenvalue weighted by molar-refractivity contribution is -0.137. The SMILES string of the molecule is Nc1nccc(NCc2cccc(C(F)(F)F)c2)n1. The molecule has 1 aromatic carbocycles. The lowest BCUT2D eigenvalue weighted by atomic mass is 10.1. The summed E-state index contributed by atoms with van der Waals surface area (Å²) >= 11 is 0. The van der Waals surface area contributed by atoms with Crippen LogP contribution in [0.25, 0.3) is 0 Å². The molecule has 0 saturated heterocycles. The monoisotopic (exact) mass is 268 g/mol. The van der Waals surface area contributed by atoms with Gasteiger partial charge in [-0.05, 0) is 23.8 Å². The van der Waals surface area contributed by atoms with Gasteiger partial charge in [-0.25, -0.2) is 4.98 Å². The Kier molecular flexibility index (Phi) is 3.55. The largest absolute Gasteiger partial charge is 0.416 e. The number of halogens is 3. The standard InChI is InChI=1S/C12H11F3N4/c13-12(14,15)9-3-1-2-8(6-9)7-18-10-4-5-17-11(16)19-10/h1-6H,7H2,(H3,16,17,18,19). The van der Waals surface area contributed by atoms with Crippen LogP contribution in [-0.4, -0.2) is 9.97 Å². The summed E-state index contributed by atoms with van der Waals surface area (Å²) in [6.45, 7) is 0.223. The molecule has 0 bridgehead atoms. The summed E-state index contributed by atoms with van der Waals surface area (Å²) in [7, 11) is 0. The van der Waals surface area contributed by atoms with E-state index in [4.69, 9.17) is 5.73 Å². The van der Waals surface area contributed by atoms with Crippen molar-refractivity contribution in [3.63, 3.8) is 0 Å². The van der Waals surface area contributed by atoms with Crippen LogP contribution in [0.15, 0.2) is 36.5 Å². The predicted molar refractivity (Wildman–Crippen MR) is 65.2 cm³/mol. The number of nitrogens with zero attached hydrogens (tertiary/aromatic N) is 2. The Bertz CT molecular complexity index is 569. The maximum Gasteiger partial charge on any atom is 0.416 e. The lowest BCUT2D eigenvalue weighted by Gasteiger charge is -2.09. The fourth-order valence-corrected chi connectivity index (χ4v) is 1.52. The number of alkyl halides is 3. The first-order valence-corrected chi connectivity index (χ1v) is 5.44. The quantitative estimate of drug-likeness (QED) is 0.898. The van der Waals surface area contributed by atoms with Gasteiger partial charge in [0.25, 0.3) is 0 Å². The third-order valence-corrected chi connectivity index (χ3v) is 2.40. The Morgan fingerprint density at radius 2 is 2.00 bits per heavy atom. The predicted octanol–water partition coefficient (Wildman–Crippen LogP) is 2.69. The number of hydrogen-bond acceptors (Lipinski definition) is 4. The molecule has 1 aromatic heterocycles. The lowest BCUT2D eigenvalue weighted by Crippen LogP contribution is -2.07. The molecule has 7 heteroatoms. The molecule has 0 fully saturated rings. The zero-order valence-corrected chi connectivity index (χ0v) is 9.78. The highest BCUT2D eigenvalue weighted by Gasteiger charge is 2.30.